The minimum absolute atomic E-state index is 0. The third kappa shape index (κ3) is 6.88. The van der Waals surface area contributed by atoms with Crippen LogP contribution in [0.2, 0.25) is 0 Å². The number of guanidine groups is 1. The van der Waals surface area contributed by atoms with Gasteiger partial charge in [0.15, 0.2) is 11.7 Å². The zero-order valence-corrected chi connectivity index (χ0v) is 19.9. The molecular weight excluding hydrogens is 483 g/mol. The van der Waals surface area contributed by atoms with Gasteiger partial charge in [-0.15, -0.1) is 24.0 Å². The average Bonchev–Trinajstić information content (AvgIpc) is 3.35. The van der Waals surface area contributed by atoms with E-state index in [1.807, 2.05) is 6.07 Å². The van der Waals surface area contributed by atoms with Gasteiger partial charge in [0.1, 0.15) is 11.9 Å². The summed E-state index contributed by atoms with van der Waals surface area (Å²) in [4.78, 5) is 4.28. The van der Waals surface area contributed by atoms with Crippen LogP contribution >= 0.6 is 24.0 Å². The highest BCUT2D eigenvalue weighted by atomic mass is 127. The summed E-state index contributed by atoms with van der Waals surface area (Å²) in [5.41, 5.74) is 3.21. The third-order valence-corrected chi connectivity index (χ3v) is 4.67. The van der Waals surface area contributed by atoms with Gasteiger partial charge in [0.2, 0.25) is 0 Å². The Hall–Kier alpha value is -1.81. The Balaban J connectivity index is 0.00000300. The lowest BCUT2D eigenvalue weighted by Crippen LogP contribution is -2.36. The number of halogens is 1. The molecule has 2 heterocycles. The summed E-state index contributed by atoms with van der Waals surface area (Å²) >= 11 is 0. The lowest BCUT2D eigenvalue weighted by Gasteiger charge is -2.17. The minimum Gasteiger partial charge on any atom is -0.488 e. The lowest BCUT2D eigenvalue weighted by molar-refractivity contribution is 0.140. The Morgan fingerprint density at radius 1 is 1.28 bits per heavy atom. The van der Waals surface area contributed by atoms with Crippen molar-refractivity contribution in [3.63, 3.8) is 0 Å². The van der Waals surface area contributed by atoms with Gasteiger partial charge in [0.05, 0.1) is 25.5 Å². The van der Waals surface area contributed by atoms with Gasteiger partial charge in [-0.25, -0.2) is 0 Å². The molecule has 0 amide bonds. The van der Waals surface area contributed by atoms with Crippen molar-refractivity contribution in [3.05, 3.63) is 46.8 Å². The number of aliphatic imine (C=N–C) groups is 1. The second-order valence-corrected chi connectivity index (χ2v) is 7.37. The van der Waals surface area contributed by atoms with Crippen LogP contribution < -0.4 is 15.4 Å². The zero-order valence-electron chi connectivity index (χ0n) is 17.5. The van der Waals surface area contributed by atoms with E-state index in [1.54, 1.807) is 7.05 Å². The first-order chi connectivity index (χ1) is 13.5. The van der Waals surface area contributed by atoms with E-state index in [-0.39, 0.29) is 30.1 Å². The highest BCUT2D eigenvalue weighted by molar-refractivity contribution is 14.0. The number of benzene rings is 1. The normalized spacial score (nSPS) is 16.6. The second kappa shape index (κ2) is 11.4. The van der Waals surface area contributed by atoms with Crippen molar-refractivity contribution in [1.82, 2.24) is 15.8 Å². The Bertz CT molecular complexity index is 801. The third-order valence-electron chi connectivity index (χ3n) is 4.67. The predicted octanol–water partition coefficient (Wildman–Crippen LogP) is 3.76. The number of aryl methyl sites for hydroxylation is 1. The van der Waals surface area contributed by atoms with Crippen LogP contribution in [0.25, 0.3) is 0 Å². The SMILES string of the molecule is CN=C(NCc1cc(C(C)C)no1)NCc1ccc(C)cc1OC1CCOC1.I. The molecule has 1 unspecified atom stereocenters. The summed E-state index contributed by atoms with van der Waals surface area (Å²) in [6, 6.07) is 8.23. The van der Waals surface area contributed by atoms with Gasteiger partial charge < -0.3 is 24.6 Å². The monoisotopic (exact) mass is 514 g/mol. The van der Waals surface area contributed by atoms with Crippen molar-refractivity contribution in [3.8, 4) is 5.75 Å². The van der Waals surface area contributed by atoms with Gasteiger partial charge in [-0.2, -0.15) is 0 Å². The smallest absolute Gasteiger partial charge is 0.191 e. The fourth-order valence-electron chi connectivity index (χ4n) is 2.96. The van der Waals surface area contributed by atoms with E-state index >= 15 is 0 Å². The van der Waals surface area contributed by atoms with Gasteiger partial charge in [0, 0.05) is 31.6 Å². The molecule has 1 atom stereocenters. The Labute approximate surface area is 189 Å². The number of hydrogen-bond acceptors (Lipinski definition) is 5. The van der Waals surface area contributed by atoms with Crippen LogP contribution in [0.5, 0.6) is 5.75 Å². The molecule has 0 saturated carbocycles. The molecule has 1 aliphatic heterocycles. The van der Waals surface area contributed by atoms with Crippen LogP contribution in [0.15, 0.2) is 33.8 Å². The summed E-state index contributed by atoms with van der Waals surface area (Å²) in [7, 11) is 1.75. The van der Waals surface area contributed by atoms with Gasteiger partial charge in [-0.3, -0.25) is 4.99 Å². The fourth-order valence-corrected chi connectivity index (χ4v) is 2.96. The molecule has 29 heavy (non-hydrogen) atoms. The van der Waals surface area contributed by atoms with Crippen molar-refractivity contribution >= 4 is 29.9 Å². The van der Waals surface area contributed by atoms with Crippen LogP contribution in [0, 0.1) is 6.92 Å². The van der Waals surface area contributed by atoms with Crippen LogP contribution in [-0.2, 0) is 17.8 Å². The molecule has 1 saturated heterocycles. The van der Waals surface area contributed by atoms with E-state index in [0.29, 0.717) is 31.6 Å². The molecule has 160 valence electrons. The Kier molecular flexibility index (Phi) is 9.22. The molecule has 7 nitrogen and oxygen atoms in total. The van der Waals surface area contributed by atoms with E-state index in [1.165, 1.54) is 5.56 Å². The molecule has 1 aromatic carbocycles. The van der Waals surface area contributed by atoms with Gasteiger partial charge in [-0.1, -0.05) is 31.1 Å². The largest absolute Gasteiger partial charge is 0.488 e. The predicted molar refractivity (Wildman–Crippen MR) is 124 cm³/mol. The Morgan fingerprint density at radius 3 is 2.72 bits per heavy atom. The molecular formula is C21H31IN4O3. The summed E-state index contributed by atoms with van der Waals surface area (Å²) in [5.74, 6) is 2.72. The van der Waals surface area contributed by atoms with Gasteiger partial charge in [-0.05, 0) is 24.5 Å². The number of rotatable bonds is 7. The number of aromatic nitrogens is 1. The highest BCUT2D eigenvalue weighted by Gasteiger charge is 2.19. The van der Waals surface area contributed by atoms with E-state index in [0.717, 1.165) is 35.8 Å². The summed E-state index contributed by atoms with van der Waals surface area (Å²) < 4.78 is 16.9. The highest BCUT2D eigenvalue weighted by Crippen LogP contribution is 2.23. The first-order valence-corrected chi connectivity index (χ1v) is 9.79. The maximum absolute atomic E-state index is 6.16. The van der Waals surface area contributed by atoms with Crippen molar-refractivity contribution in [2.75, 3.05) is 20.3 Å². The topological polar surface area (TPSA) is 80.9 Å². The molecule has 3 rings (SSSR count). The molecule has 1 aliphatic rings. The molecule has 1 aromatic heterocycles. The van der Waals surface area contributed by atoms with E-state index in [2.05, 4.69) is 59.8 Å². The summed E-state index contributed by atoms with van der Waals surface area (Å²) in [5, 5.41) is 10.7. The van der Waals surface area contributed by atoms with Crippen LogP contribution in [0.1, 0.15) is 48.8 Å². The number of nitrogens with zero attached hydrogens (tertiary/aromatic N) is 2. The second-order valence-electron chi connectivity index (χ2n) is 7.37. The van der Waals surface area contributed by atoms with Crippen molar-refractivity contribution in [2.45, 2.75) is 52.3 Å². The van der Waals surface area contributed by atoms with Crippen molar-refractivity contribution in [2.24, 2.45) is 4.99 Å². The lowest BCUT2D eigenvalue weighted by atomic mass is 10.1. The van der Waals surface area contributed by atoms with Crippen LogP contribution in [0.3, 0.4) is 0 Å². The van der Waals surface area contributed by atoms with E-state index in [4.69, 9.17) is 14.0 Å². The van der Waals surface area contributed by atoms with E-state index in [9.17, 15) is 0 Å². The molecule has 8 heteroatoms. The molecule has 0 spiro atoms. The summed E-state index contributed by atoms with van der Waals surface area (Å²) in [6.07, 6.45) is 1.05. The maximum Gasteiger partial charge on any atom is 0.191 e. The fraction of sp³-hybridized carbons (Fsp3) is 0.524. The number of nitrogens with one attached hydrogen (secondary N) is 2. The summed E-state index contributed by atoms with van der Waals surface area (Å²) in [6.45, 7) is 8.80. The Morgan fingerprint density at radius 2 is 2.07 bits per heavy atom. The molecule has 2 aromatic rings. The molecule has 0 aliphatic carbocycles. The number of ether oxygens (including phenoxy) is 2. The van der Waals surface area contributed by atoms with Gasteiger partial charge >= 0.3 is 0 Å². The van der Waals surface area contributed by atoms with Crippen LogP contribution in [-0.4, -0.2) is 37.5 Å². The molecule has 0 bridgehead atoms. The zero-order chi connectivity index (χ0) is 19.9. The van der Waals surface area contributed by atoms with Gasteiger partial charge in [0.25, 0.3) is 0 Å². The number of hydrogen-bond donors (Lipinski definition) is 2. The van der Waals surface area contributed by atoms with E-state index < -0.39 is 0 Å². The van der Waals surface area contributed by atoms with Crippen LogP contribution in [0.4, 0.5) is 0 Å². The first kappa shape index (κ1) is 23.5. The standard InChI is InChI=1S/C21H30N4O3.HI/c1-14(2)19-10-18(28-25-19)12-24-21(22-4)23-11-16-6-5-15(3)9-20(16)27-17-7-8-26-13-17;/h5-6,9-10,14,17H,7-8,11-13H2,1-4H3,(H2,22,23,24);1H. The maximum atomic E-state index is 6.16. The molecule has 0 radical (unpaired) electrons. The average molecular weight is 514 g/mol. The quantitative estimate of drug-likeness (QED) is 0.333. The molecule has 1 fully saturated rings. The van der Waals surface area contributed by atoms with Crippen molar-refractivity contribution in [1.29, 1.82) is 0 Å². The molecule has 2 N–H and O–H groups in total. The minimum atomic E-state index is 0. The van der Waals surface area contributed by atoms with Crippen molar-refractivity contribution < 1.29 is 14.0 Å². The first-order valence-electron chi connectivity index (χ1n) is 9.79.